The number of likely N-dealkylation sites (tertiary alicyclic amines) is 3. The molecule has 12 rings (SSSR count). The maximum absolute atomic E-state index is 10.9. The SMILES string of the molecule is CC(C)N1CCCC(=O)C1.CC(C)N1CCCCC1.CC(C)N1CCCCC1.CC(C)N1CCNC(=O)C1.CC(C)N1CCNCC1.CC(C)N1CCOC(=O)C1.CC(C)N1CCOC(=O)C1.CC(C)N1CCOCC1.CC(C)N1CCOCC1.CC(C)N1CCSC(=O)C1.CC(C)c1cccnc1.CC(C)c1ccncc1. The van der Waals surface area contributed by atoms with Crippen molar-refractivity contribution in [2.24, 2.45) is 0 Å². The van der Waals surface area contributed by atoms with Crippen molar-refractivity contribution in [1.29, 1.82) is 0 Å². The molecule has 656 valence electrons. The van der Waals surface area contributed by atoms with E-state index in [4.69, 9.17) is 18.9 Å². The summed E-state index contributed by atoms with van der Waals surface area (Å²) in [5.41, 5.74) is 2.66. The van der Waals surface area contributed by atoms with Crippen LogP contribution < -0.4 is 10.6 Å². The summed E-state index contributed by atoms with van der Waals surface area (Å²) in [6.07, 6.45) is 17.8. The lowest BCUT2D eigenvalue weighted by atomic mass is 10.1. The number of ether oxygens (including phenoxy) is 4. The minimum absolute atomic E-state index is 0.0973. The maximum Gasteiger partial charge on any atom is 0.320 e. The first kappa shape index (κ1) is 107. The van der Waals surface area contributed by atoms with Gasteiger partial charge in [0.1, 0.15) is 19.0 Å². The summed E-state index contributed by atoms with van der Waals surface area (Å²) in [6.45, 7) is 80.1. The van der Waals surface area contributed by atoms with Crippen LogP contribution >= 0.6 is 11.8 Å². The Kier molecular flexibility index (Phi) is 61.3. The van der Waals surface area contributed by atoms with E-state index in [0.29, 0.717) is 111 Å². The van der Waals surface area contributed by atoms with E-state index in [1.807, 2.05) is 36.8 Å². The van der Waals surface area contributed by atoms with Crippen molar-refractivity contribution in [2.45, 2.75) is 290 Å². The quantitative estimate of drug-likeness (QED) is 0.190. The van der Waals surface area contributed by atoms with Crippen LogP contribution in [0.15, 0.2) is 49.1 Å². The van der Waals surface area contributed by atoms with Gasteiger partial charge in [0.25, 0.3) is 0 Å². The van der Waals surface area contributed by atoms with Crippen molar-refractivity contribution >= 4 is 40.5 Å². The van der Waals surface area contributed by atoms with E-state index in [-0.39, 0.29) is 17.8 Å². The number of piperazine rings is 2. The van der Waals surface area contributed by atoms with Crippen LogP contribution in [-0.2, 0) is 42.9 Å². The molecule has 0 bridgehead atoms. The number of esters is 2. The number of nitrogens with one attached hydrogen (secondary N) is 2. The number of cyclic esters (lactones) is 2. The molecule has 0 radical (unpaired) electrons. The molecule has 0 spiro atoms. The zero-order valence-corrected chi connectivity index (χ0v) is 77.2. The fourth-order valence-electron chi connectivity index (χ4n) is 13.1. The topological polar surface area (TPSA) is 205 Å². The number of carbonyl (C=O) groups is 5. The summed E-state index contributed by atoms with van der Waals surface area (Å²) < 4.78 is 20.0. The highest BCUT2D eigenvalue weighted by molar-refractivity contribution is 8.13. The predicted octanol–water partition coefficient (Wildman–Crippen LogP) is 12.3. The van der Waals surface area contributed by atoms with Gasteiger partial charge in [0.2, 0.25) is 11.0 Å². The molecular weight excluding hydrogens is 1440 g/mol. The van der Waals surface area contributed by atoms with E-state index >= 15 is 0 Å². The van der Waals surface area contributed by atoms with Crippen molar-refractivity contribution in [3.8, 4) is 0 Å². The number of pyridine rings is 2. The van der Waals surface area contributed by atoms with Gasteiger partial charge in [-0.1, -0.05) is 58.4 Å². The Hall–Kier alpha value is -4.12. The number of amides is 1. The van der Waals surface area contributed by atoms with Gasteiger partial charge in [0.05, 0.1) is 59.2 Å². The minimum Gasteiger partial charge on any atom is -0.463 e. The first-order valence-corrected chi connectivity index (χ1v) is 44.9. The highest BCUT2D eigenvalue weighted by Gasteiger charge is 2.24. The second kappa shape index (κ2) is 64.8. The molecule has 2 N–H and O–H groups in total. The lowest BCUT2D eigenvalue weighted by molar-refractivity contribution is -0.152. The van der Waals surface area contributed by atoms with Crippen LogP contribution in [0.5, 0.6) is 0 Å². The fraction of sp³-hybridized carbons (Fsp3) is 0.831. The number of hydrogen-bond acceptors (Lipinski definition) is 23. The first-order valence-electron chi connectivity index (χ1n) is 43.9. The Morgan fingerprint density at radius 1 is 0.336 bits per heavy atom. The maximum atomic E-state index is 10.9. The molecule has 10 aliphatic heterocycles. The summed E-state index contributed by atoms with van der Waals surface area (Å²) in [5, 5.41) is 6.43. The molecular formula is C89H170N14O9S. The highest BCUT2D eigenvalue weighted by Crippen LogP contribution is 2.17. The smallest absolute Gasteiger partial charge is 0.320 e. The van der Waals surface area contributed by atoms with Crippen LogP contribution in [0.3, 0.4) is 0 Å². The first-order chi connectivity index (χ1) is 53.6. The molecule has 2 aromatic heterocycles. The number of piperidine rings is 3. The van der Waals surface area contributed by atoms with Gasteiger partial charge in [0, 0.05) is 182 Å². The average molecular weight is 1610 g/mol. The number of hydrogen-bond donors (Lipinski definition) is 2. The average Bonchev–Trinajstić information content (AvgIpc) is 0.910. The van der Waals surface area contributed by atoms with E-state index in [0.717, 1.165) is 142 Å². The summed E-state index contributed by atoms with van der Waals surface area (Å²) in [4.78, 5) is 85.3. The molecule has 1 amide bonds. The van der Waals surface area contributed by atoms with Crippen molar-refractivity contribution in [3.05, 3.63) is 60.2 Å². The Morgan fingerprint density at radius 2 is 0.690 bits per heavy atom. The molecule has 0 saturated carbocycles. The van der Waals surface area contributed by atoms with Crippen LogP contribution in [0.4, 0.5) is 0 Å². The molecule has 24 heteroatoms. The van der Waals surface area contributed by atoms with E-state index in [2.05, 4.69) is 242 Å². The third kappa shape index (κ3) is 53.8. The van der Waals surface area contributed by atoms with Crippen LogP contribution in [0.2, 0.25) is 0 Å². The molecule has 0 atom stereocenters. The molecule has 23 nitrogen and oxygen atoms in total. The van der Waals surface area contributed by atoms with Gasteiger partial charge in [0.15, 0.2) is 0 Å². The van der Waals surface area contributed by atoms with Crippen LogP contribution in [0.1, 0.15) is 240 Å². The second-order valence-electron chi connectivity index (χ2n) is 34.1. The van der Waals surface area contributed by atoms with E-state index < -0.39 is 0 Å². The summed E-state index contributed by atoms with van der Waals surface area (Å²) in [5.74, 6) is 2.54. The standard InChI is InChI=1S/C8H15NO.2C8H11N.2C8H17N.C7H14N2O.C7H16N2.2C7H13NO2.C7H13NOS.2C7H15NO/c1-7(2)9-5-3-4-8(10)6-9;1-7(2)8-3-5-9-6-4-8;1-7(2)8-4-3-5-9-6-8;2*1-8(2)9-6-4-3-5-7-9;1-6(2)9-4-3-8-7(10)5-9;1-7(2)9-5-3-8-4-6-9;3*1-6(2)8-3-4-10-7(9)5-8;2*1-7(2)8-3-5-9-6-4-8/h7H,3-6H2,1-2H3;2*3-7H,1-2H3;2*8H,3-7H2,1-2H3;6H,3-5H2,1-2H3,(H,8,10);7-8H,3-6H2,1-2H3;3*6H,3-5H2,1-2H3;2*7H,3-6H2,1-2H3. The van der Waals surface area contributed by atoms with Crippen LogP contribution in [0.25, 0.3) is 0 Å². The monoisotopic (exact) mass is 1610 g/mol. The fourth-order valence-corrected chi connectivity index (χ4v) is 14.0. The van der Waals surface area contributed by atoms with E-state index in [1.54, 1.807) is 6.20 Å². The summed E-state index contributed by atoms with van der Waals surface area (Å²) in [6, 6.07) is 14.2. The Bertz CT molecular complexity index is 2290. The molecule has 113 heavy (non-hydrogen) atoms. The van der Waals surface area contributed by atoms with E-state index in [9.17, 15) is 24.0 Å². The lowest BCUT2D eigenvalue weighted by Gasteiger charge is -2.30. The highest BCUT2D eigenvalue weighted by atomic mass is 32.2. The zero-order valence-electron chi connectivity index (χ0n) is 76.4. The van der Waals surface area contributed by atoms with Crippen LogP contribution in [0, 0.1) is 0 Å². The summed E-state index contributed by atoms with van der Waals surface area (Å²) >= 11 is 1.46. The van der Waals surface area contributed by atoms with Gasteiger partial charge < -0.3 is 39.4 Å². The minimum atomic E-state index is -0.0973. The van der Waals surface area contributed by atoms with Gasteiger partial charge in [-0.05, 0) is 244 Å². The Labute approximate surface area is 695 Å². The Morgan fingerprint density at radius 3 is 0.965 bits per heavy atom. The van der Waals surface area contributed by atoms with Crippen molar-refractivity contribution in [3.63, 3.8) is 0 Å². The van der Waals surface area contributed by atoms with Crippen LogP contribution in [-0.4, -0.2) is 344 Å². The molecule has 0 aliphatic carbocycles. The normalized spacial score (nSPS) is 20.3. The molecule has 2 aromatic rings. The molecule has 0 unspecified atom stereocenters. The number of rotatable bonds is 12. The predicted molar refractivity (Wildman–Crippen MR) is 473 cm³/mol. The number of Topliss-reactive ketones (excluding diaryl/α,β-unsaturated/α-hetero) is 1. The Balaban J connectivity index is 0.000000617. The van der Waals surface area contributed by atoms with Crippen molar-refractivity contribution in [1.82, 2.24) is 69.6 Å². The second-order valence-corrected chi connectivity index (χ2v) is 35.2. The largest absolute Gasteiger partial charge is 0.463 e. The van der Waals surface area contributed by atoms with Gasteiger partial charge in [-0.2, -0.15) is 0 Å². The zero-order chi connectivity index (χ0) is 84.6. The number of carbonyl (C=O) groups excluding carboxylic acids is 5. The number of ketones is 1. The number of thioether (sulfide) groups is 1. The van der Waals surface area contributed by atoms with Crippen molar-refractivity contribution < 1.29 is 42.9 Å². The number of aromatic nitrogens is 2. The molecule has 10 fully saturated rings. The number of morpholine rings is 4. The molecule has 10 aliphatic rings. The van der Waals surface area contributed by atoms with E-state index in [1.165, 1.54) is 101 Å². The van der Waals surface area contributed by atoms with Gasteiger partial charge in [-0.3, -0.25) is 73.1 Å². The van der Waals surface area contributed by atoms with Crippen molar-refractivity contribution in [2.75, 3.05) is 196 Å². The molecule has 0 aromatic carbocycles. The summed E-state index contributed by atoms with van der Waals surface area (Å²) in [7, 11) is 0. The van der Waals surface area contributed by atoms with Gasteiger partial charge in [-0.25, -0.2) is 0 Å². The molecule has 12 heterocycles. The van der Waals surface area contributed by atoms with Gasteiger partial charge in [-0.15, -0.1) is 0 Å². The lowest BCUT2D eigenvalue weighted by Crippen LogP contribution is -2.50. The third-order valence-electron chi connectivity index (χ3n) is 21.3. The third-order valence-corrected chi connectivity index (χ3v) is 22.2. The van der Waals surface area contributed by atoms with Gasteiger partial charge >= 0.3 is 11.9 Å². The number of nitrogens with zero attached hydrogens (tertiary/aromatic N) is 12. The molecule has 10 saturated heterocycles.